The molecule has 1 aromatic rings. The zero-order chi connectivity index (χ0) is 18.4. The van der Waals surface area contributed by atoms with Gasteiger partial charge in [0.25, 0.3) is 0 Å². The van der Waals surface area contributed by atoms with Gasteiger partial charge in [0.15, 0.2) is 0 Å². The fourth-order valence-electron chi connectivity index (χ4n) is 3.24. The second-order valence-electron chi connectivity index (χ2n) is 7.21. The molecule has 0 spiro atoms. The first kappa shape index (κ1) is 19.0. The van der Waals surface area contributed by atoms with Crippen LogP contribution in [0.2, 0.25) is 0 Å². The standard InChI is InChI=1S/C20H31N3O3/c1-16(20(24)21-17-4-5-17)23-13-11-22(12-14-23)10-3-15-26-19-8-6-18(25-2)7-9-19/h6-9,16-17H,3-5,10-15H2,1-2H3,(H,21,24). The molecule has 1 saturated heterocycles. The van der Waals surface area contributed by atoms with Crippen LogP contribution in [0.15, 0.2) is 24.3 Å². The molecule has 1 aliphatic heterocycles. The van der Waals surface area contributed by atoms with Crippen molar-refractivity contribution >= 4 is 5.91 Å². The van der Waals surface area contributed by atoms with Crippen molar-refractivity contribution in [3.05, 3.63) is 24.3 Å². The molecule has 144 valence electrons. The van der Waals surface area contributed by atoms with Crippen molar-refractivity contribution in [2.24, 2.45) is 0 Å². The van der Waals surface area contributed by atoms with Gasteiger partial charge in [-0.3, -0.25) is 9.69 Å². The number of piperazine rings is 1. The Balaban J connectivity index is 1.29. The van der Waals surface area contributed by atoms with E-state index in [1.54, 1.807) is 7.11 Å². The van der Waals surface area contributed by atoms with Crippen molar-refractivity contribution in [2.75, 3.05) is 46.4 Å². The predicted octanol–water partition coefficient (Wildman–Crippen LogP) is 1.75. The Morgan fingerprint density at radius 1 is 1.15 bits per heavy atom. The van der Waals surface area contributed by atoms with Gasteiger partial charge >= 0.3 is 0 Å². The number of hydrogen-bond donors (Lipinski definition) is 1. The highest BCUT2D eigenvalue weighted by molar-refractivity contribution is 5.81. The fraction of sp³-hybridized carbons (Fsp3) is 0.650. The molecule has 1 saturated carbocycles. The first-order valence-electron chi connectivity index (χ1n) is 9.69. The summed E-state index contributed by atoms with van der Waals surface area (Å²) in [5.74, 6) is 1.91. The monoisotopic (exact) mass is 361 g/mol. The number of carbonyl (C=O) groups excluding carboxylic acids is 1. The summed E-state index contributed by atoms with van der Waals surface area (Å²) in [5.41, 5.74) is 0. The van der Waals surface area contributed by atoms with E-state index in [4.69, 9.17) is 9.47 Å². The molecular weight excluding hydrogens is 330 g/mol. The topological polar surface area (TPSA) is 54.0 Å². The fourth-order valence-corrected chi connectivity index (χ4v) is 3.24. The average molecular weight is 361 g/mol. The maximum atomic E-state index is 12.2. The zero-order valence-electron chi connectivity index (χ0n) is 15.9. The Morgan fingerprint density at radius 3 is 2.42 bits per heavy atom. The van der Waals surface area contributed by atoms with Gasteiger partial charge in [0.05, 0.1) is 19.8 Å². The summed E-state index contributed by atoms with van der Waals surface area (Å²) in [5, 5.41) is 3.11. The van der Waals surface area contributed by atoms with Gasteiger partial charge in [-0.25, -0.2) is 0 Å². The lowest BCUT2D eigenvalue weighted by Crippen LogP contribution is -2.54. The van der Waals surface area contributed by atoms with Gasteiger partial charge in [-0.05, 0) is 50.5 Å². The van der Waals surface area contributed by atoms with Crippen LogP contribution in [-0.4, -0.2) is 74.2 Å². The van der Waals surface area contributed by atoms with Gasteiger partial charge in [-0.2, -0.15) is 0 Å². The number of nitrogens with zero attached hydrogens (tertiary/aromatic N) is 2. The van der Waals surface area contributed by atoms with Gasteiger partial charge in [0, 0.05) is 38.8 Å². The molecule has 1 unspecified atom stereocenters. The molecule has 0 bridgehead atoms. The summed E-state index contributed by atoms with van der Waals surface area (Å²) in [4.78, 5) is 16.9. The number of methoxy groups -OCH3 is 1. The maximum absolute atomic E-state index is 12.2. The van der Waals surface area contributed by atoms with E-state index in [0.29, 0.717) is 12.6 Å². The molecule has 6 heteroatoms. The Morgan fingerprint density at radius 2 is 1.81 bits per heavy atom. The quantitative estimate of drug-likeness (QED) is 0.679. The summed E-state index contributed by atoms with van der Waals surface area (Å²) in [6.07, 6.45) is 3.29. The van der Waals surface area contributed by atoms with Gasteiger partial charge in [0.1, 0.15) is 11.5 Å². The molecule has 1 heterocycles. The normalized spacial score (nSPS) is 19.8. The molecule has 2 aliphatic rings. The minimum Gasteiger partial charge on any atom is -0.497 e. The number of benzene rings is 1. The highest BCUT2D eigenvalue weighted by Gasteiger charge is 2.29. The highest BCUT2D eigenvalue weighted by Crippen LogP contribution is 2.19. The Hall–Kier alpha value is -1.79. The molecule has 1 amide bonds. The van der Waals surface area contributed by atoms with Crippen LogP contribution < -0.4 is 14.8 Å². The number of hydrogen-bond acceptors (Lipinski definition) is 5. The van der Waals surface area contributed by atoms with Crippen LogP contribution in [0.4, 0.5) is 0 Å². The van der Waals surface area contributed by atoms with Crippen LogP contribution >= 0.6 is 0 Å². The van der Waals surface area contributed by atoms with Crippen molar-refractivity contribution in [1.82, 2.24) is 15.1 Å². The number of carbonyl (C=O) groups is 1. The molecule has 2 fully saturated rings. The Kier molecular flexibility index (Phi) is 6.74. The summed E-state index contributed by atoms with van der Waals surface area (Å²) < 4.78 is 10.9. The van der Waals surface area contributed by atoms with Crippen LogP contribution in [0.3, 0.4) is 0 Å². The third-order valence-electron chi connectivity index (χ3n) is 5.20. The Labute approximate surface area is 156 Å². The summed E-state index contributed by atoms with van der Waals surface area (Å²) >= 11 is 0. The molecule has 1 N–H and O–H groups in total. The van der Waals surface area contributed by atoms with Gasteiger partial charge in [-0.1, -0.05) is 0 Å². The number of rotatable bonds is 9. The summed E-state index contributed by atoms with van der Waals surface area (Å²) in [6.45, 7) is 7.72. The molecule has 1 aliphatic carbocycles. The number of amides is 1. The molecule has 1 atom stereocenters. The van der Waals surface area contributed by atoms with E-state index < -0.39 is 0 Å². The van der Waals surface area contributed by atoms with E-state index in [2.05, 4.69) is 15.1 Å². The maximum Gasteiger partial charge on any atom is 0.237 e. The van der Waals surface area contributed by atoms with Crippen LogP contribution in [0.25, 0.3) is 0 Å². The van der Waals surface area contributed by atoms with Crippen LogP contribution in [0.5, 0.6) is 11.5 Å². The molecule has 26 heavy (non-hydrogen) atoms. The van der Waals surface area contributed by atoms with Gasteiger partial charge < -0.3 is 19.7 Å². The van der Waals surface area contributed by atoms with Crippen molar-refractivity contribution in [3.63, 3.8) is 0 Å². The van der Waals surface area contributed by atoms with E-state index in [-0.39, 0.29) is 11.9 Å². The van der Waals surface area contributed by atoms with Crippen LogP contribution in [0, 0.1) is 0 Å². The highest BCUT2D eigenvalue weighted by atomic mass is 16.5. The Bertz CT molecular complexity index is 566. The summed E-state index contributed by atoms with van der Waals surface area (Å²) in [6, 6.07) is 8.12. The van der Waals surface area contributed by atoms with E-state index >= 15 is 0 Å². The lowest BCUT2D eigenvalue weighted by molar-refractivity contribution is -0.126. The van der Waals surface area contributed by atoms with Crippen molar-refractivity contribution in [2.45, 2.75) is 38.3 Å². The third kappa shape index (κ3) is 5.61. The smallest absolute Gasteiger partial charge is 0.237 e. The van der Waals surface area contributed by atoms with E-state index in [9.17, 15) is 4.79 Å². The SMILES string of the molecule is COc1ccc(OCCCN2CCN(C(C)C(=O)NC3CC3)CC2)cc1. The lowest BCUT2D eigenvalue weighted by Gasteiger charge is -2.37. The minimum atomic E-state index is -0.0174. The van der Waals surface area contributed by atoms with E-state index in [1.807, 2.05) is 31.2 Å². The molecular formula is C20H31N3O3. The first-order valence-corrected chi connectivity index (χ1v) is 9.69. The zero-order valence-corrected chi connectivity index (χ0v) is 15.9. The third-order valence-corrected chi connectivity index (χ3v) is 5.20. The first-order chi connectivity index (χ1) is 12.7. The number of ether oxygens (including phenoxy) is 2. The van der Waals surface area contributed by atoms with E-state index in [0.717, 1.165) is 63.5 Å². The summed E-state index contributed by atoms with van der Waals surface area (Å²) in [7, 11) is 1.66. The van der Waals surface area contributed by atoms with Crippen molar-refractivity contribution in [3.8, 4) is 11.5 Å². The second kappa shape index (κ2) is 9.24. The van der Waals surface area contributed by atoms with E-state index in [1.165, 1.54) is 0 Å². The van der Waals surface area contributed by atoms with Crippen molar-refractivity contribution in [1.29, 1.82) is 0 Å². The van der Waals surface area contributed by atoms with Gasteiger partial charge in [-0.15, -0.1) is 0 Å². The molecule has 0 radical (unpaired) electrons. The van der Waals surface area contributed by atoms with Crippen molar-refractivity contribution < 1.29 is 14.3 Å². The van der Waals surface area contributed by atoms with Gasteiger partial charge in [0.2, 0.25) is 5.91 Å². The second-order valence-corrected chi connectivity index (χ2v) is 7.21. The number of nitrogens with one attached hydrogen (secondary N) is 1. The largest absolute Gasteiger partial charge is 0.497 e. The minimum absolute atomic E-state index is 0.0174. The molecule has 6 nitrogen and oxygen atoms in total. The molecule has 3 rings (SSSR count). The molecule has 1 aromatic carbocycles. The lowest BCUT2D eigenvalue weighted by atomic mass is 10.2. The van der Waals surface area contributed by atoms with Crippen LogP contribution in [-0.2, 0) is 4.79 Å². The average Bonchev–Trinajstić information content (AvgIpc) is 3.49. The van der Waals surface area contributed by atoms with Crippen LogP contribution in [0.1, 0.15) is 26.2 Å². The predicted molar refractivity (Wildman–Crippen MR) is 102 cm³/mol. The molecule has 0 aromatic heterocycles.